The minimum Gasteiger partial charge on any atom is -0.495 e. The van der Waals surface area contributed by atoms with Gasteiger partial charge in [-0.15, -0.1) is 0 Å². The molecule has 2 amide bonds. The third kappa shape index (κ3) is 7.98. The van der Waals surface area contributed by atoms with Crippen LogP contribution in [-0.2, 0) is 14.3 Å². The van der Waals surface area contributed by atoms with Gasteiger partial charge in [-0.2, -0.15) is 0 Å². The molecule has 11 nitrogen and oxygen atoms in total. The summed E-state index contributed by atoms with van der Waals surface area (Å²) in [6.45, 7) is 8.13. The lowest BCUT2D eigenvalue weighted by molar-refractivity contribution is -0.124. The zero-order chi connectivity index (χ0) is 34.8. The maximum absolute atomic E-state index is 14.5. The molecule has 0 aromatic carbocycles. The zero-order valence-electron chi connectivity index (χ0n) is 29.9. The molecule has 0 bridgehead atoms. The molecule has 0 radical (unpaired) electrons. The van der Waals surface area contributed by atoms with Gasteiger partial charge in [-0.05, 0) is 115 Å². The fraction of sp³-hybridized carbons (Fsp3) is 0.615. The molecule has 50 heavy (non-hydrogen) atoms. The van der Waals surface area contributed by atoms with Gasteiger partial charge in [0, 0.05) is 48.3 Å². The second-order valence-electron chi connectivity index (χ2n) is 15.3. The lowest BCUT2D eigenvalue weighted by Crippen LogP contribution is -2.51. The third-order valence-electron chi connectivity index (χ3n) is 11.0. The first-order valence-corrected chi connectivity index (χ1v) is 18.5. The van der Waals surface area contributed by atoms with Crippen LogP contribution in [0.4, 0.5) is 10.6 Å². The number of morpholine rings is 1. The quantitative estimate of drug-likeness (QED) is 0.226. The summed E-state index contributed by atoms with van der Waals surface area (Å²) in [6.07, 6.45) is 12.0. The lowest BCUT2D eigenvalue weighted by atomic mass is 9.79. The Kier molecular flexibility index (Phi) is 10.1. The summed E-state index contributed by atoms with van der Waals surface area (Å²) in [5.74, 6) is 3.37. The van der Waals surface area contributed by atoms with Gasteiger partial charge < -0.3 is 23.5 Å². The fourth-order valence-corrected chi connectivity index (χ4v) is 7.91. The minimum absolute atomic E-state index is 0.0998. The van der Waals surface area contributed by atoms with Crippen LogP contribution in [0, 0.1) is 18.8 Å². The van der Waals surface area contributed by atoms with E-state index in [0.717, 1.165) is 72.8 Å². The van der Waals surface area contributed by atoms with Gasteiger partial charge in [0.2, 0.25) is 5.91 Å². The van der Waals surface area contributed by atoms with Gasteiger partial charge in [-0.25, -0.2) is 14.8 Å². The van der Waals surface area contributed by atoms with Crippen molar-refractivity contribution in [3.05, 3.63) is 54.0 Å². The number of amides is 2. The van der Waals surface area contributed by atoms with Crippen molar-refractivity contribution < 1.29 is 28.2 Å². The van der Waals surface area contributed by atoms with Gasteiger partial charge in [-0.1, -0.05) is 0 Å². The van der Waals surface area contributed by atoms with Gasteiger partial charge in [0.1, 0.15) is 29.6 Å². The summed E-state index contributed by atoms with van der Waals surface area (Å²) < 4.78 is 22.9. The monoisotopic (exact) mass is 685 g/mol. The summed E-state index contributed by atoms with van der Waals surface area (Å²) in [6, 6.07) is 8.03. The molecule has 0 N–H and O–H groups in total. The zero-order valence-corrected chi connectivity index (χ0v) is 29.9. The maximum atomic E-state index is 14.5. The van der Waals surface area contributed by atoms with E-state index in [1.54, 1.807) is 24.5 Å². The summed E-state index contributed by atoms with van der Waals surface area (Å²) in [4.78, 5) is 45.5. The number of methoxy groups -OCH3 is 1. The van der Waals surface area contributed by atoms with Crippen molar-refractivity contribution >= 4 is 17.8 Å². The van der Waals surface area contributed by atoms with Gasteiger partial charge in [-0.3, -0.25) is 14.7 Å². The molecule has 4 fully saturated rings. The number of pyridine rings is 2. The molecule has 3 aromatic rings. The Morgan fingerprint density at radius 3 is 2.44 bits per heavy atom. The number of carbonyl (C=O) groups excluding carboxylic acids is 2. The Morgan fingerprint density at radius 1 is 0.980 bits per heavy atom. The van der Waals surface area contributed by atoms with E-state index in [0.29, 0.717) is 75.5 Å². The lowest BCUT2D eigenvalue weighted by Gasteiger charge is -2.39. The minimum atomic E-state index is -0.381. The highest BCUT2D eigenvalue weighted by Gasteiger charge is 2.37. The number of hydrogen-bond acceptors (Lipinski definition) is 9. The molecule has 3 aromatic heterocycles. The van der Waals surface area contributed by atoms with Crippen molar-refractivity contribution in [2.24, 2.45) is 11.8 Å². The van der Waals surface area contributed by atoms with E-state index in [1.165, 1.54) is 0 Å². The molecule has 268 valence electrons. The Morgan fingerprint density at radius 2 is 1.74 bits per heavy atom. The molecular formula is C39H51N5O6. The van der Waals surface area contributed by atoms with Crippen LogP contribution in [-0.4, -0.2) is 76.9 Å². The first-order valence-electron chi connectivity index (χ1n) is 18.5. The fourth-order valence-electron chi connectivity index (χ4n) is 7.91. The Labute approximate surface area is 295 Å². The van der Waals surface area contributed by atoms with Crippen molar-refractivity contribution in [1.29, 1.82) is 0 Å². The van der Waals surface area contributed by atoms with E-state index >= 15 is 0 Å². The molecule has 3 saturated carbocycles. The summed E-state index contributed by atoms with van der Waals surface area (Å²) in [5.41, 5.74) is 3.33. The number of carbonyl (C=O) groups is 2. The van der Waals surface area contributed by atoms with Crippen molar-refractivity contribution in [2.75, 3.05) is 38.3 Å². The maximum Gasteiger partial charge on any atom is 0.410 e. The van der Waals surface area contributed by atoms with Crippen LogP contribution in [0.3, 0.4) is 0 Å². The van der Waals surface area contributed by atoms with E-state index in [9.17, 15) is 9.59 Å². The van der Waals surface area contributed by atoms with Crippen molar-refractivity contribution in [2.45, 2.75) is 109 Å². The van der Waals surface area contributed by atoms with E-state index < -0.39 is 0 Å². The standard InChI is InChI=1S/C39H51N5O6/c1-25-34(47-4)16-15-32(41-25)27-7-5-26(6-8-27)22-44(35-21-30(17-18-40-35)33-23-48-36(42-33)28-9-10-28)37(45)29-11-13-31(14-12-29)50-38(46)43-19-20-49-39(2,3)24-43/h15-18,21,23,26-29,31H,5-14,19-20,22,24H2,1-4H3. The predicted molar refractivity (Wildman–Crippen MR) is 188 cm³/mol. The molecule has 4 aliphatic rings. The number of hydrogen-bond donors (Lipinski definition) is 0. The smallest absolute Gasteiger partial charge is 0.410 e. The highest BCUT2D eigenvalue weighted by atomic mass is 16.6. The number of ether oxygens (including phenoxy) is 3. The van der Waals surface area contributed by atoms with Gasteiger partial charge in [0.15, 0.2) is 5.89 Å². The Bertz CT molecular complexity index is 1650. The van der Waals surface area contributed by atoms with Gasteiger partial charge >= 0.3 is 6.09 Å². The number of aryl methyl sites for hydroxylation is 1. The highest BCUT2D eigenvalue weighted by molar-refractivity contribution is 5.94. The number of anilines is 1. The van der Waals surface area contributed by atoms with Crippen molar-refractivity contribution in [3.8, 4) is 17.0 Å². The molecule has 1 aliphatic heterocycles. The van der Waals surface area contributed by atoms with Crippen molar-refractivity contribution in [3.63, 3.8) is 0 Å². The molecule has 7 rings (SSSR count). The van der Waals surface area contributed by atoms with Crippen LogP contribution in [0.1, 0.15) is 107 Å². The molecule has 0 atom stereocenters. The number of nitrogens with zero attached hydrogens (tertiary/aromatic N) is 5. The number of oxazole rings is 1. The Balaban J connectivity index is 1.03. The van der Waals surface area contributed by atoms with Crippen LogP contribution >= 0.6 is 0 Å². The van der Waals surface area contributed by atoms with Crippen LogP contribution < -0.4 is 9.64 Å². The molecule has 1 saturated heterocycles. The Hall–Kier alpha value is -3.99. The average Bonchev–Trinajstić information content (AvgIpc) is 3.86. The van der Waals surface area contributed by atoms with E-state index in [4.69, 9.17) is 33.6 Å². The predicted octanol–water partition coefficient (Wildman–Crippen LogP) is 7.44. The summed E-state index contributed by atoms with van der Waals surface area (Å²) in [7, 11) is 1.68. The second kappa shape index (κ2) is 14.7. The molecule has 4 heterocycles. The summed E-state index contributed by atoms with van der Waals surface area (Å²) >= 11 is 0. The number of aromatic nitrogens is 3. The molecule has 11 heteroatoms. The third-order valence-corrected chi connectivity index (χ3v) is 11.0. The highest BCUT2D eigenvalue weighted by Crippen LogP contribution is 2.41. The van der Waals surface area contributed by atoms with Crippen molar-refractivity contribution in [1.82, 2.24) is 19.9 Å². The average molecular weight is 686 g/mol. The van der Waals surface area contributed by atoms with Crippen LogP contribution in [0.15, 0.2) is 41.1 Å². The first kappa shape index (κ1) is 34.5. The molecule has 0 unspecified atom stereocenters. The van der Waals surface area contributed by atoms with Crippen LogP contribution in [0.5, 0.6) is 5.75 Å². The van der Waals surface area contributed by atoms with Crippen LogP contribution in [0.2, 0.25) is 0 Å². The van der Waals surface area contributed by atoms with Crippen LogP contribution in [0.25, 0.3) is 11.3 Å². The van der Waals surface area contributed by atoms with Gasteiger partial charge in [0.05, 0.1) is 31.6 Å². The van der Waals surface area contributed by atoms with E-state index in [2.05, 4.69) is 6.07 Å². The van der Waals surface area contributed by atoms with E-state index in [1.807, 2.05) is 43.9 Å². The SMILES string of the molecule is COc1ccc(C2CCC(CN(C(=O)C3CCC(OC(=O)N4CCOC(C)(C)C4)CC3)c3cc(-c4coc(C5CC5)n4)ccn3)CC2)nc1C. The van der Waals surface area contributed by atoms with Gasteiger partial charge in [0.25, 0.3) is 0 Å². The second-order valence-corrected chi connectivity index (χ2v) is 15.3. The normalized spacial score (nSPS) is 25.2. The topological polar surface area (TPSA) is 120 Å². The van der Waals surface area contributed by atoms with E-state index in [-0.39, 0.29) is 29.6 Å². The largest absolute Gasteiger partial charge is 0.495 e. The molecule has 3 aliphatic carbocycles. The number of rotatable bonds is 9. The molecular weight excluding hydrogens is 634 g/mol. The summed E-state index contributed by atoms with van der Waals surface area (Å²) in [5, 5.41) is 0. The first-order chi connectivity index (χ1) is 24.2. The molecule has 0 spiro atoms.